The molecule has 3 rings (SSSR count). The Labute approximate surface area is 132 Å². The van der Waals surface area contributed by atoms with Gasteiger partial charge in [0.05, 0.1) is 12.6 Å². The van der Waals surface area contributed by atoms with Gasteiger partial charge in [-0.3, -0.25) is 9.69 Å². The van der Waals surface area contributed by atoms with Crippen LogP contribution in [0.5, 0.6) is 0 Å². The number of amides is 1. The molecule has 1 fully saturated rings. The van der Waals surface area contributed by atoms with Crippen molar-refractivity contribution in [1.29, 1.82) is 0 Å². The fourth-order valence-electron chi connectivity index (χ4n) is 3.57. The Morgan fingerprint density at radius 2 is 2.14 bits per heavy atom. The second-order valence-electron chi connectivity index (χ2n) is 6.08. The first-order valence-corrected chi connectivity index (χ1v) is 8.10. The maximum atomic E-state index is 12.5. The molecule has 0 N–H and O–H groups in total. The van der Waals surface area contributed by atoms with Gasteiger partial charge in [0.2, 0.25) is 5.91 Å². The zero-order chi connectivity index (χ0) is 15.5. The number of benzene rings is 1. The van der Waals surface area contributed by atoms with Crippen molar-refractivity contribution >= 4 is 5.91 Å². The molecule has 116 valence electrons. The van der Waals surface area contributed by atoms with Gasteiger partial charge in [-0.1, -0.05) is 42.5 Å². The van der Waals surface area contributed by atoms with Crippen LogP contribution in [-0.2, 0) is 11.2 Å². The summed E-state index contributed by atoms with van der Waals surface area (Å²) in [5.74, 6) is 0.265. The first kappa shape index (κ1) is 15.0. The SMILES string of the molecule is C/C=C\C(=C/C)CN1CC(=O)N2CCc3ccccc3C2C1. The molecule has 1 aromatic carbocycles. The minimum Gasteiger partial charge on any atom is -0.333 e. The highest BCUT2D eigenvalue weighted by Gasteiger charge is 2.36. The summed E-state index contributed by atoms with van der Waals surface area (Å²) in [6, 6.07) is 8.79. The molecule has 3 nitrogen and oxygen atoms in total. The van der Waals surface area contributed by atoms with Crippen LogP contribution in [0.4, 0.5) is 0 Å². The summed E-state index contributed by atoms with van der Waals surface area (Å²) in [6.45, 7) is 7.26. The van der Waals surface area contributed by atoms with Gasteiger partial charge in [-0.25, -0.2) is 0 Å². The quantitative estimate of drug-likeness (QED) is 0.801. The number of carbonyl (C=O) groups excluding carboxylic acids is 1. The van der Waals surface area contributed by atoms with Gasteiger partial charge in [0.1, 0.15) is 0 Å². The largest absolute Gasteiger partial charge is 0.333 e. The van der Waals surface area contributed by atoms with Gasteiger partial charge < -0.3 is 4.90 Å². The van der Waals surface area contributed by atoms with Gasteiger partial charge >= 0.3 is 0 Å². The number of nitrogens with zero attached hydrogens (tertiary/aromatic N) is 2. The maximum Gasteiger partial charge on any atom is 0.237 e. The smallest absolute Gasteiger partial charge is 0.237 e. The minimum absolute atomic E-state index is 0.218. The van der Waals surface area contributed by atoms with Crippen molar-refractivity contribution in [1.82, 2.24) is 9.80 Å². The molecule has 0 bridgehead atoms. The molecule has 2 aliphatic heterocycles. The van der Waals surface area contributed by atoms with Crippen LogP contribution in [-0.4, -0.2) is 41.9 Å². The zero-order valence-electron chi connectivity index (χ0n) is 13.5. The number of hydrogen-bond donors (Lipinski definition) is 0. The summed E-state index contributed by atoms with van der Waals surface area (Å²) in [5, 5.41) is 0. The second-order valence-corrected chi connectivity index (χ2v) is 6.08. The van der Waals surface area contributed by atoms with E-state index in [-0.39, 0.29) is 11.9 Å². The van der Waals surface area contributed by atoms with Gasteiger partial charge in [-0.2, -0.15) is 0 Å². The van der Waals surface area contributed by atoms with E-state index in [9.17, 15) is 4.79 Å². The highest BCUT2D eigenvalue weighted by molar-refractivity contribution is 5.80. The lowest BCUT2D eigenvalue weighted by Gasteiger charge is -2.44. The Hall–Kier alpha value is -1.87. The van der Waals surface area contributed by atoms with Crippen LogP contribution in [0.1, 0.15) is 31.0 Å². The molecule has 1 unspecified atom stereocenters. The summed E-state index contributed by atoms with van der Waals surface area (Å²) in [6.07, 6.45) is 7.30. The van der Waals surface area contributed by atoms with Crippen molar-refractivity contribution in [2.24, 2.45) is 0 Å². The summed E-state index contributed by atoms with van der Waals surface area (Å²) in [7, 11) is 0. The van der Waals surface area contributed by atoms with Gasteiger partial charge in [-0.15, -0.1) is 0 Å². The van der Waals surface area contributed by atoms with E-state index in [1.807, 2.05) is 6.92 Å². The first-order valence-electron chi connectivity index (χ1n) is 8.10. The molecule has 22 heavy (non-hydrogen) atoms. The Morgan fingerprint density at radius 1 is 1.32 bits per heavy atom. The van der Waals surface area contributed by atoms with Crippen molar-refractivity contribution in [3.63, 3.8) is 0 Å². The lowest BCUT2D eigenvalue weighted by atomic mass is 9.90. The molecule has 0 radical (unpaired) electrons. The van der Waals surface area contributed by atoms with Crippen LogP contribution >= 0.6 is 0 Å². The zero-order valence-corrected chi connectivity index (χ0v) is 13.5. The highest BCUT2D eigenvalue weighted by Crippen LogP contribution is 2.33. The van der Waals surface area contributed by atoms with Crippen LogP contribution < -0.4 is 0 Å². The number of carbonyl (C=O) groups is 1. The van der Waals surface area contributed by atoms with E-state index in [0.717, 1.165) is 26.1 Å². The molecule has 2 heterocycles. The van der Waals surface area contributed by atoms with Crippen molar-refractivity contribution in [3.05, 3.63) is 59.2 Å². The van der Waals surface area contributed by atoms with Crippen LogP contribution in [0.25, 0.3) is 0 Å². The fraction of sp³-hybridized carbons (Fsp3) is 0.421. The summed E-state index contributed by atoms with van der Waals surface area (Å²) in [4.78, 5) is 16.9. The van der Waals surface area contributed by atoms with E-state index in [0.29, 0.717) is 6.54 Å². The normalized spacial score (nSPS) is 22.8. The van der Waals surface area contributed by atoms with E-state index >= 15 is 0 Å². The van der Waals surface area contributed by atoms with Crippen LogP contribution in [0.2, 0.25) is 0 Å². The number of allylic oxidation sites excluding steroid dienone is 2. The molecule has 1 amide bonds. The van der Waals surface area contributed by atoms with Gasteiger partial charge in [-0.05, 0) is 37.0 Å². The molecule has 3 heteroatoms. The Balaban J connectivity index is 1.82. The van der Waals surface area contributed by atoms with Gasteiger partial charge in [0, 0.05) is 19.6 Å². The predicted molar refractivity (Wildman–Crippen MR) is 89.6 cm³/mol. The highest BCUT2D eigenvalue weighted by atomic mass is 16.2. The third-order valence-electron chi connectivity index (χ3n) is 4.68. The van der Waals surface area contributed by atoms with E-state index in [1.54, 1.807) is 0 Å². The minimum atomic E-state index is 0.218. The Morgan fingerprint density at radius 3 is 2.91 bits per heavy atom. The molecule has 0 spiro atoms. The van der Waals surface area contributed by atoms with Crippen LogP contribution in [0.3, 0.4) is 0 Å². The summed E-state index contributed by atoms with van der Waals surface area (Å²) in [5.41, 5.74) is 4.01. The number of hydrogen-bond acceptors (Lipinski definition) is 2. The molecule has 0 aliphatic carbocycles. The lowest BCUT2D eigenvalue weighted by Crippen LogP contribution is -2.54. The monoisotopic (exact) mass is 296 g/mol. The molecular weight excluding hydrogens is 272 g/mol. The molecule has 1 saturated heterocycles. The predicted octanol–water partition coefficient (Wildman–Crippen LogP) is 2.95. The van der Waals surface area contributed by atoms with Crippen LogP contribution in [0, 0.1) is 0 Å². The summed E-state index contributed by atoms with van der Waals surface area (Å²) < 4.78 is 0. The topological polar surface area (TPSA) is 23.6 Å². The third-order valence-corrected chi connectivity index (χ3v) is 4.68. The molecule has 1 aromatic rings. The molecule has 0 saturated carbocycles. The lowest BCUT2D eigenvalue weighted by molar-refractivity contribution is -0.140. The molecular formula is C19H24N2O. The maximum absolute atomic E-state index is 12.5. The van der Waals surface area contributed by atoms with Crippen molar-refractivity contribution in [2.75, 3.05) is 26.2 Å². The third kappa shape index (κ3) is 2.86. The van der Waals surface area contributed by atoms with Gasteiger partial charge in [0.25, 0.3) is 0 Å². The standard InChI is InChI=1S/C19H24N2O/c1-3-7-15(4-2)12-20-13-18-17-9-6-5-8-16(17)10-11-21(18)19(22)14-20/h3-9,18H,10-14H2,1-2H3/b7-3-,15-4+. The summed E-state index contributed by atoms with van der Waals surface area (Å²) >= 11 is 0. The van der Waals surface area contributed by atoms with Crippen molar-refractivity contribution in [2.45, 2.75) is 26.3 Å². The second kappa shape index (κ2) is 6.49. The van der Waals surface area contributed by atoms with E-state index < -0.39 is 0 Å². The van der Waals surface area contributed by atoms with Crippen LogP contribution in [0.15, 0.2) is 48.1 Å². The van der Waals surface area contributed by atoms with E-state index in [2.05, 4.69) is 59.2 Å². The average molecular weight is 296 g/mol. The first-order chi connectivity index (χ1) is 10.7. The fourth-order valence-corrected chi connectivity index (χ4v) is 3.57. The molecule has 1 atom stereocenters. The molecule has 0 aromatic heterocycles. The Kier molecular flexibility index (Phi) is 4.44. The van der Waals surface area contributed by atoms with E-state index in [4.69, 9.17) is 0 Å². The molecule has 2 aliphatic rings. The number of piperazine rings is 1. The Bertz CT molecular complexity index is 618. The average Bonchev–Trinajstić information content (AvgIpc) is 2.54. The van der Waals surface area contributed by atoms with Gasteiger partial charge in [0.15, 0.2) is 0 Å². The van der Waals surface area contributed by atoms with E-state index in [1.165, 1.54) is 16.7 Å². The number of rotatable bonds is 3. The van der Waals surface area contributed by atoms with Crippen molar-refractivity contribution < 1.29 is 4.79 Å². The van der Waals surface area contributed by atoms with Crippen molar-refractivity contribution in [3.8, 4) is 0 Å². The number of fused-ring (bicyclic) bond motifs is 3.